The standard InChI is InChI=1S/C14H13F2N3OS2/c1-3-6-17-13-18-19-14(22-13)21-8(2)12(20)10-5-4-9(15)7-11(10)16/h3-5,7-8H,1,6H2,2H3,(H,17,18). The van der Waals surface area contributed by atoms with Crippen LogP contribution >= 0.6 is 23.1 Å². The summed E-state index contributed by atoms with van der Waals surface area (Å²) in [4.78, 5) is 12.2. The monoisotopic (exact) mass is 341 g/mol. The van der Waals surface area contributed by atoms with Crippen LogP contribution in [0.4, 0.5) is 13.9 Å². The number of anilines is 1. The molecule has 8 heteroatoms. The van der Waals surface area contributed by atoms with Crippen LogP contribution in [0.1, 0.15) is 17.3 Å². The van der Waals surface area contributed by atoms with Crippen molar-refractivity contribution in [3.8, 4) is 0 Å². The van der Waals surface area contributed by atoms with Crippen LogP contribution in [0.15, 0.2) is 35.2 Å². The lowest BCUT2D eigenvalue weighted by Gasteiger charge is -2.08. The smallest absolute Gasteiger partial charge is 0.206 e. The van der Waals surface area contributed by atoms with Crippen LogP contribution in [0.25, 0.3) is 0 Å². The van der Waals surface area contributed by atoms with Crippen molar-refractivity contribution in [2.45, 2.75) is 16.5 Å². The zero-order valence-electron chi connectivity index (χ0n) is 11.7. The summed E-state index contributed by atoms with van der Waals surface area (Å²) in [5.74, 6) is -1.99. The maximum absolute atomic E-state index is 13.6. The summed E-state index contributed by atoms with van der Waals surface area (Å²) in [5, 5.41) is 10.9. The van der Waals surface area contributed by atoms with Crippen molar-refractivity contribution in [1.29, 1.82) is 0 Å². The molecule has 1 aromatic heterocycles. The summed E-state index contributed by atoms with van der Waals surface area (Å²) in [6.45, 7) is 5.79. The third-order valence-electron chi connectivity index (χ3n) is 2.65. The number of halogens is 2. The molecule has 0 saturated carbocycles. The molecule has 1 aromatic carbocycles. The zero-order chi connectivity index (χ0) is 16.1. The van der Waals surface area contributed by atoms with Gasteiger partial charge >= 0.3 is 0 Å². The molecule has 0 spiro atoms. The van der Waals surface area contributed by atoms with E-state index >= 15 is 0 Å². The average Bonchev–Trinajstić information content (AvgIpc) is 2.92. The normalized spacial score (nSPS) is 12.0. The molecule has 0 aliphatic carbocycles. The molecule has 1 atom stereocenters. The second-order valence-corrected chi connectivity index (χ2v) is 6.86. The molecule has 0 bridgehead atoms. The van der Waals surface area contributed by atoms with Gasteiger partial charge in [-0.1, -0.05) is 29.2 Å². The van der Waals surface area contributed by atoms with E-state index in [0.29, 0.717) is 22.1 Å². The number of hydrogen-bond acceptors (Lipinski definition) is 6. The van der Waals surface area contributed by atoms with E-state index in [9.17, 15) is 13.6 Å². The Morgan fingerprint density at radius 1 is 1.50 bits per heavy atom. The van der Waals surface area contributed by atoms with Crippen LogP contribution in [0, 0.1) is 11.6 Å². The first-order chi connectivity index (χ1) is 10.5. The summed E-state index contributed by atoms with van der Waals surface area (Å²) in [5.41, 5.74) is -0.129. The number of Topliss-reactive ketones (excluding diaryl/α,β-unsaturated/α-hetero) is 1. The second kappa shape index (κ2) is 7.46. The molecule has 4 nitrogen and oxygen atoms in total. The maximum atomic E-state index is 13.6. The Balaban J connectivity index is 2.04. The molecule has 0 fully saturated rings. The highest BCUT2D eigenvalue weighted by Crippen LogP contribution is 2.30. The number of nitrogens with zero attached hydrogens (tertiary/aromatic N) is 2. The third-order valence-corrected chi connectivity index (χ3v) is 4.71. The molecule has 1 unspecified atom stereocenters. The fourth-order valence-electron chi connectivity index (χ4n) is 1.60. The van der Waals surface area contributed by atoms with E-state index in [4.69, 9.17) is 0 Å². The predicted molar refractivity (Wildman–Crippen MR) is 84.6 cm³/mol. The molecule has 0 aliphatic heterocycles. The molecular formula is C14H13F2N3OS2. The number of benzene rings is 1. The van der Waals surface area contributed by atoms with Gasteiger partial charge in [0.2, 0.25) is 5.13 Å². The van der Waals surface area contributed by atoms with E-state index in [1.165, 1.54) is 23.1 Å². The average molecular weight is 341 g/mol. The van der Waals surface area contributed by atoms with Gasteiger partial charge in [-0.25, -0.2) is 8.78 Å². The van der Waals surface area contributed by atoms with Crippen molar-refractivity contribution in [1.82, 2.24) is 10.2 Å². The highest BCUT2D eigenvalue weighted by Gasteiger charge is 2.21. The van der Waals surface area contributed by atoms with Crippen molar-refractivity contribution in [3.63, 3.8) is 0 Å². The van der Waals surface area contributed by atoms with E-state index < -0.39 is 22.7 Å². The van der Waals surface area contributed by atoms with E-state index in [1.807, 2.05) is 0 Å². The number of nitrogens with one attached hydrogen (secondary N) is 1. The first-order valence-corrected chi connectivity index (χ1v) is 8.05. The van der Waals surface area contributed by atoms with Gasteiger partial charge in [0.15, 0.2) is 10.1 Å². The Bertz CT molecular complexity index is 690. The van der Waals surface area contributed by atoms with Crippen molar-refractivity contribution in [2.75, 3.05) is 11.9 Å². The van der Waals surface area contributed by atoms with Crippen molar-refractivity contribution in [2.24, 2.45) is 0 Å². The summed E-state index contributed by atoms with van der Waals surface area (Å²) in [7, 11) is 0. The number of carbonyl (C=O) groups is 1. The Labute approximate surface area is 134 Å². The third kappa shape index (κ3) is 4.11. The van der Waals surface area contributed by atoms with Crippen LogP contribution in [0.3, 0.4) is 0 Å². The Hall–Kier alpha value is -1.80. The minimum Gasteiger partial charge on any atom is -0.357 e. The van der Waals surface area contributed by atoms with Gasteiger partial charge in [0.1, 0.15) is 11.6 Å². The van der Waals surface area contributed by atoms with Gasteiger partial charge in [0, 0.05) is 12.6 Å². The van der Waals surface area contributed by atoms with E-state index in [0.717, 1.165) is 12.1 Å². The fraction of sp³-hybridized carbons (Fsp3) is 0.214. The summed E-state index contributed by atoms with van der Waals surface area (Å²) in [6, 6.07) is 2.92. The molecule has 0 radical (unpaired) electrons. The van der Waals surface area contributed by atoms with Gasteiger partial charge in [-0.05, 0) is 19.1 Å². The predicted octanol–water partition coefficient (Wildman–Crippen LogP) is 3.78. The number of ketones is 1. The number of aromatic nitrogens is 2. The van der Waals surface area contributed by atoms with Gasteiger partial charge in [-0.15, -0.1) is 16.8 Å². The summed E-state index contributed by atoms with van der Waals surface area (Å²) in [6.07, 6.45) is 1.69. The molecule has 0 amide bonds. The second-order valence-electron chi connectivity index (χ2n) is 4.29. The summed E-state index contributed by atoms with van der Waals surface area (Å²) >= 11 is 2.48. The Kier molecular flexibility index (Phi) is 5.62. The molecule has 22 heavy (non-hydrogen) atoms. The van der Waals surface area contributed by atoms with E-state index in [2.05, 4.69) is 22.1 Å². The van der Waals surface area contributed by atoms with Crippen LogP contribution in [0.5, 0.6) is 0 Å². The molecule has 0 saturated heterocycles. The lowest BCUT2D eigenvalue weighted by atomic mass is 10.1. The minimum absolute atomic E-state index is 0.129. The number of thioether (sulfide) groups is 1. The molecule has 0 aliphatic rings. The molecule has 2 rings (SSSR count). The SMILES string of the molecule is C=CCNc1nnc(SC(C)C(=O)c2ccc(F)cc2F)s1. The largest absolute Gasteiger partial charge is 0.357 e. The van der Waals surface area contributed by atoms with Gasteiger partial charge in [0.25, 0.3) is 0 Å². The fourth-order valence-corrected chi connectivity index (χ4v) is 3.57. The molecule has 2 aromatic rings. The molecule has 116 valence electrons. The maximum Gasteiger partial charge on any atom is 0.206 e. The lowest BCUT2D eigenvalue weighted by molar-refractivity contribution is 0.0990. The summed E-state index contributed by atoms with van der Waals surface area (Å²) < 4.78 is 27.1. The van der Waals surface area contributed by atoms with Crippen LogP contribution < -0.4 is 5.32 Å². The molecule has 1 N–H and O–H groups in total. The lowest BCUT2D eigenvalue weighted by Crippen LogP contribution is -2.15. The van der Waals surface area contributed by atoms with Crippen molar-refractivity contribution >= 4 is 34.0 Å². The quantitative estimate of drug-likeness (QED) is 0.472. The first-order valence-electron chi connectivity index (χ1n) is 6.35. The van der Waals surface area contributed by atoms with Gasteiger partial charge < -0.3 is 5.32 Å². The van der Waals surface area contributed by atoms with Gasteiger partial charge in [-0.2, -0.15) is 0 Å². The van der Waals surface area contributed by atoms with E-state index in [1.54, 1.807) is 13.0 Å². The van der Waals surface area contributed by atoms with Crippen LogP contribution in [-0.2, 0) is 0 Å². The highest BCUT2D eigenvalue weighted by atomic mass is 32.2. The van der Waals surface area contributed by atoms with Crippen molar-refractivity contribution < 1.29 is 13.6 Å². The minimum atomic E-state index is -0.858. The first kappa shape index (κ1) is 16.6. The van der Waals surface area contributed by atoms with Gasteiger partial charge in [-0.3, -0.25) is 4.79 Å². The number of rotatable bonds is 7. The van der Waals surface area contributed by atoms with E-state index in [-0.39, 0.29) is 5.56 Å². The number of hydrogen-bond donors (Lipinski definition) is 1. The molecule has 1 heterocycles. The highest BCUT2D eigenvalue weighted by molar-refractivity contribution is 8.02. The molecular weight excluding hydrogens is 328 g/mol. The van der Waals surface area contributed by atoms with Crippen LogP contribution in [-0.4, -0.2) is 27.8 Å². The number of carbonyl (C=O) groups excluding carboxylic acids is 1. The van der Waals surface area contributed by atoms with Gasteiger partial charge in [0.05, 0.1) is 10.8 Å². The van der Waals surface area contributed by atoms with Crippen molar-refractivity contribution in [3.05, 3.63) is 48.1 Å². The Morgan fingerprint density at radius 3 is 2.95 bits per heavy atom. The van der Waals surface area contributed by atoms with Crippen LogP contribution in [0.2, 0.25) is 0 Å². The Morgan fingerprint density at radius 2 is 2.27 bits per heavy atom. The topological polar surface area (TPSA) is 54.9 Å². The zero-order valence-corrected chi connectivity index (χ0v) is 13.3.